The van der Waals surface area contributed by atoms with Crippen LogP contribution in [0.15, 0.2) is 12.4 Å². The number of aromatic nitrogens is 1. The van der Waals surface area contributed by atoms with Crippen molar-refractivity contribution in [1.29, 1.82) is 0 Å². The van der Waals surface area contributed by atoms with E-state index >= 15 is 0 Å². The molecule has 1 aliphatic rings. The van der Waals surface area contributed by atoms with Gasteiger partial charge in [-0.3, -0.25) is 0 Å². The van der Waals surface area contributed by atoms with E-state index in [1.807, 2.05) is 0 Å². The summed E-state index contributed by atoms with van der Waals surface area (Å²) in [6.45, 7) is 8.00. The molecule has 0 saturated carbocycles. The van der Waals surface area contributed by atoms with Crippen LogP contribution in [0.4, 0.5) is 0 Å². The van der Waals surface area contributed by atoms with Crippen LogP contribution in [0.3, 0.4) is 0 Å². The molecule has 0 aliphatic heterocycles. The van der Waals surface area contributed by atoms with Gasteiger partial charge in [0.25, 0.3) is 0 Å². The summed E-state index contributed by atoms with van der Waals surface area (Å²) in [5.41, 5.74) is 9.41. The number of fused-ring (bicyclic) bond motifs is 1. The van der Waals surface area contributed by atoms with E-state index < -0.39 is 0 Å². The first-order chi connectivity index (χ1) is 7.46. The lowest BCUT2D eigenvalue weighted by molar-refractivity contribution is 0.350. The molecule has 0 saturated heterocycles. The number of rotatable bonds is 2. The molecular formula is C14H24N2. The van der Waals surface area contributed by atoms with Crippen molar-refractivity contribution < 1.29 is 0 Å². The first-order valence-corrected chi connectivity index (χ1v) is 6.40. The van der Waals surface area contributed by atoms with E-state index in [2.05, 4.69) is 37.7 Å². The van der Waals surface area contributed by atoms with Crippen molar-refractivity contribution in [1.82, 2.24) is 4.57 Å². The maximum Gasteiger partial charge on any atom is 0.0312 e. The molecule has 0 spiro atoms. The molecule has 2 N–H and O–H groups in total. The summed E-state index contributed by atoms with van der Waals surface area (Å²) in [4.78, 5) is 0. The predicted molar refractivity (Wildman–Crippen MR) is 68.4 cm³/mol. The Bertz CT molecular complexity index is 357. The van der Waals surface area contributed by atoms with Crippen molar-refractivity contribution in [3.63, 3.8) is 0 Å². The summed E-state index contributed by atoms with van der Waals surface area (Å²) < 4.78 is 2.33. The summed E-state index contributed by atoms with van der Waals surface area (Å²) in [7, 11) is 0. The second-order valence-electron chi connectivity index (χ2n) is 6.29. The first-order valence-electron chi connectivity index (χ1n) is 6.40. The second kappa shape index (κ2) is 4.25. The molecule has 0 fully saturated rings. The topological polar surface area (TPSA) is 30.9 Å². The van der Waals surface area contributed by atoms with Gasteiger partial charge >= 0.3 is 0 Å². The van der Waals surface area contributed by atoms with E-state index in [4.69, 9.17) is 5.73 Å². The summed E-state index contributed by atoms with van der Waals surface area (Å²) in [5.74, 6) is 0. The first kappa shape index (κ1) is 11.7. The van der Waals surface area contributed by atoms with Crippen LogP contribution in [0.1, 0.15) is 57.2 Å². The number of hydrogen-bond acceptors (Lipinski definition) is 1. The van der Waals surface area contributed by atoms with Crippen LogP contribution in [0.5, 0.6) is 0 Å². The third-order valence-corrected chi connectivity index (χ3v) is 3.48. The Hall–Kier alpha value is -0.760. The number of aryl methyl sites for hydroxylation is 2. The highest BCUT2D eigenvalue weighted by Gasteiger charge is 2.19. The van der Waals surface area contributed by atoms with E-state index in [0.717, 1.165) is 13.0 Å². The van der Waals surface area contributed by atoms with Gasteiger partial charge in [0, 0.05) is 25.0 Å². The van der Waals surface area contributed by atoms with E-state index in [1.54, 1.807) is 0 Å². The van der Waals surface area contributed by atoms with Gasteiger partial charge in [0.15, 0.2) is 0 Å². The molecule has 1 aromatic rings. The molecule has 1 aliphatic carbocycles. The smallest absolute Gasteiger partial charge is 0.0312 e. The summed E-state index contributed by atoms with van der Waals surface area (Å²) in [5, 5.41) is 0. The molecule has 16 heavy (non-hydrogen) atoms. The zero-order chi connectivity index (χ0) is 11.8. The molecule has 1 aromatic heterocycles. The largest absolute Gasteiger partial charge is 0.354 e. The Balaban J connectivity index is 2.07. The number of nitrogens with two attached hydrogens (primary N) is 1. The normalized spacial score (nSPS) is 20.9. The van der Waals surface area contributed by atoms with Crippen LogP contribution < -0.4 is 5.73 Å². The Kier molecular flexibility index (Phi) is 3.11. The second-order valence-corrected chi connectivity index (χ2v) is 6.29. The van der Waals surface area contributed by atoms with Gasteiger partial charge in [0.2, 0.25) is 0 Å². The van der Waals surface area contributed by atoms with Gasteiger partial charge in [-0.1, -0.05) is 20.8 Å². The molecule has 0 bridgehead atoms. The van der Waals surface area contributed by atoms with Crippen LogP contribution in [0, 0.1) is 5.41 Å². The van der Waals surface area contributed by atoms with Crippen LogP contribution in [0.25, 0.3) is 0 Å². The Labute approximate surface area is 98.8 Å². The highest BCUT2D eigenvalue weighted by Crippen LogP contribution is 2.29. The predicted octanol–water partition coefficient (Wildman–Crippen LogP) is 3.26. The minimum absolute atomic E-state index is 0.277. The van der Waals surface area contributed by atoms with Crippen molar-refractivity contribution in [3.8, 4) is 0 Å². The lowest BCUT2D eigenvalue weighted by Gasteiger charge is -2.18. The summed E-state index contributed by atoms with van der Waals surface area (Å²) in [6.07, 6.45) is 9.40. The minimum Gasteiger partial charge on any atom is -0.354 e. The number of nitrogens with zero attached hydrogens (tertiary/aromatic N) is 1. The van der Waals surface area contributed by atoms with Crippen LogP contribution in [0.2, 0.25) is 0 Å². The van der Waals surface area contributed by atoms with Crippen molar-refractivity contribution in [2.24, 2.45) is 11.1 Å². The van der Waals surface area contributed by atoms with Gasteiger partial charge in [0.05, 0.1) is 0 Å². The Morgan fingerprint density at radius 3 is 2.75 bits per heavy atom. The molecule has 0 aromatic carbocycles. The van der Waals surface area contributed by atoms with Gasteiger partial charge in [-0.25, -0.2) is 0 Å². The third kappa shape index (κ3) is 2.67. The highest BCUT2D eigenvalue weighted by atomic mass is 14.9. The molecule has 1 heterocycles. The van der Waals surface area contributed by atoms with E-state index in [0.29, 0.717) is 5.41 Å². The quantitative estimate of drug-likeness (QED) is 0.815. The fourth-order valence-electron chi connectivity index (χ4n) is 2.38. The fourth-order valence-corrected chi connectivity index (χ4v) is 2.38. The molecular weight excluding hydrogens is 196 g/mol. The summed E-state index contributed by atoms with van der Waals surface area (Å²) in [6, 6.07) is 0.277. The van der Waals surface area contributed by atoms with Crippen LogP contribution in [-0.4, -0.2) is 4.57 Å². The highest BCUT2D eigenvalue weighted by molar-refractivity contribution is 5.29. The third-order valence-electron chi connectivity index (χ3n) is 3.48. The van der Waals surface area contributed by atoms with Crippen LogP contribution >= 0.6 is 0 Å². The fraction of sp³-hybridized carbons (Fsp3) is 0.714. The molecule has 0 amide bonds. The van der Waals surface area contributed by atoms with Crippen molar-refractivity contribution in [2.45, 2.75) is 59.0 Å². The van der Waals surface area contributed by atoms with Gasteiger partial charge < -0.3 is 10.3 Å². The van der Waals surface area contributed by atoms with Gasteiger partial charge in [0.1, 0.15) is 0 Å². The maximum atomic E-state index is 6.13. The Morgan fingerprint density at radius 1 is 1.38 bits per heavy atom. The average Bonchev–Trinajstić information content (AvgIpc) is 2.58. The lowest BCUT2D eigenvalue weighted by Crippen LogP contribution is -2.15. The molecule has 1 atom stereocenters. The van der Waals surface area contributed by atoms with Crippen molar-refractivity contribution in [3.05, 3.63) is 23.5 Å². The molecule has 90 valence electrons. The van der Waals surface area contributed by atoms with Crippen LogP contribution in [-0.2, 0) is 13.0 Å². The summed E-state index contributed by atoms with van der Waals surface area (Å²) >= 11 is 0. The van der Waals surface area contributed by atoms with E-state index in [1.165, 1.54) is 30.4 Å². The lowest BCUT2D eigenvalue weighted by atomic mass is 9.92. The molecule has 1 unspecified atom stereocenters. The minimum atomic E-state index is 0.277. The van der Waals surface area contributed by atoms with E-state index in [-0.39, 0.29) is 6.04 Å². The zero-order valence-corrected chi connectivity index (χ0v) is 10.8. The SMILES string of the molecule is CC(C)(C)CCn1cc2c(c1)C(N)CCC2. The zero-order valence-electron chi connectivity index (χ0n) is 10.8. The molecule has 2 rings (SSSR count). The van der Waals surface area contributed by atoms with Crippen molar-refractivity contribution in [2.75, 3.05) is 0 Å². The monoisotopic (exact) mass is 220 g/mol. The standard InChI is InChI=1S/C14H24N2/c1-14(2,3)7-8-16-9-11-5-4-6-13(15)12(11)10-16/h9-10,13H,4-8,15H2,1-3H3. The number of hydrogen-bond donors (Lipinski definition) is 1. The van der Waals surface area contributed by atoms with Gasteiger partial charge in [-0.2, -0.15) is 0 Å². The van der Waals surface area contributed by atoms with Crippen molar-refractivity contribution >= 4 is 0 Å². The molecule has 2 nitrogen and oxygen atoms in total. The van der Waals surface area contributed by atoms with E-state index in [9.17, 15) is 0 Å². The Morgan fingerprint density at radius 2 is 2.12 bits per heavy atom. The maximum absolute atomic E-state index is 6.13. The average molecular weight is 220 g/mol. The van der Waals surface area contributed by atoms with Gasteiger partial charge in [-0.05, 0) is 42.2 Å². The molecule has 2 heteroatoms. The van der Waals surface area contributed by atoms with Gasteiger partial charge in [-0.15, -0.1) is 0 Å². The molecule has 0 radical (unpaired) electrons.